The average molecular weight is 256 g/mol. The van der Waals surface area contributed by atoms with Crippen LogP contribution in [0, 0.1) is 6.92 Å². The molecule has 1 aliphatic rings. The van der Waals surface area contributed by atoms with Gasteiger partial charge in [-0.25, -0.2) is 4.79 Å². The lowest BCUT2D eigenvalue weighted by Crippen LogP contribution is -2.42. The number of aromatic nitrogens is 2. The molecule has 1 saturated heterocycles. The molecule has 18 heavy (non-hydrogen) atoms. The van der Waals surface area contributed by atoms with Gasteiger partial charge < -0.3 is 26.4 Å². The molecule has 8 heteroatoms. The van der Waals surface area contributed by atoms with Crippen LogP contribution in [0.15, 0.2) is 11.0 Å². The van der Waals surface area contributed by atoms with Crippen molar-refractivity contribution in [3.8, 4) is 0 Å². The molecule has 2 rings (SSSR count). The van der Waals surface area contributed by atoms with Crippen LogP contribution in [-0.2, 0) is 4.74 Å². The smallest absolute Gasteiger partial charge is 0.351 e. The van der Waals surface area contributed by atoms with Gasteiger partial charge in [-0.1, -0.05) is 0 Å². The maximum atomic E-state index is 11.7. The highest BCUT2D eigenvalue weighted by Crippen LogP contribution is 2.26. The number of ether oxygens (including phenoxy) is 1. The molecular weight excluding hydrogens is 240 g/mol. The topological polar surface area (TPSA) is 137 Å². The van der Waals surface area contributed by atoms with Crippen LogP contribution >= 0.6 is 0 Å². The molecule has 0 aromatic carbocycles. The summed E-state index contributed by atoms with van der Waals surface area (Å²) in [7, 11) is 0. The first-order valence-electron chi connectivity index (χ1n) is 5.51. The zero-order valence-corrected chi connectivity index (χ0v) is 9.85. The van der Waals surface area contributed by atoms with Crippen LogP contribution in [0.3, 0.4) is 0 Å². The average Bonchev–Trinajstić information content (AvgIpc) is 2.61. The van der Waals surface area contributed by atoms with Gasteiger partial charge in [0.1, 0.15) is 18.0 Å². The van der Waals surface area contributed by atoms with Gasteiger partial charge in [0.15, 0.2) is 6.23 Å². The summed E-state index contributed by atoms with van der Waals surface area (Å²) in [5, 5.41) is 18.8. The Hall–Kier alpha value is -1.48. The van der Waals surface area contributed by atoms with Gasteiger partial charge in [-0.2, -0.15) is 4.98 Å². The minimum Gasteiger partial charge on any atom is -0.394 e. The summed E-state index contributed by atoms with van der Waals surface area (Å²) in [4.78, 5) is 15.4. The van der Waals surface area contributed by atoms with Crippen molar-refractivity contribution in [1.29, 1.82) is 0 Å². The maximum absolute atomic E-state index is 11.7. The van der Waals surface area contributed by atoms with E-state index in [1.807, 2.05) is 0 Å². The van der Waals surface area contributed by atoms with Gasteiger partial charge in [0, 0.05) is 11.8 Å². The Kier molecular flexibility index (Phi) is 3.35. The van der Waals surface area contributed by atoms with Crippen molar-refractivity contribution in [2.75, 3.05) is 12.3 Å². The lowest BCUT2D eigenvalue weighted by molar-refractivity contribution is -0.0464. The van der Waals surface area contributed by atoms with Crippen LogP contribution in [0.4, 0.5) is 5.82 Å². The fraction of sp³-hybridized carbons (Fsp3) is 0.600. The molecule has 8 nitrogen and oxygen atoms in total. The summed E-state index contributed by atoms with van der Waals surface area (Å²) in [5.74, 6) is 0.141. The van der Waals surface area contributed by atoms with E-state index >= 15 is 0 Å². The first-order chi connectivity index (χ1) is 8.45. The Morgan fingerprint density at radius 2 is 2.28 bits per heavy atom. The molecule has 1 fully saturated rings. The van der Waals surface area contributed by atoms with E-state index < -0.39 is 30.2 Å². The number of hydrogen-bond donors (Lipinski definition) is 4. The Morgan fingerprint density at radius 3 is 2.83 bits per heavy atom. The van der Waals surface area contributed by atoms with Crippen molar-refractivity contribution in [3.63, 3.8) is 0 Å². The van der Waals surface area contributed by atoms with Crippen LogP contribution in [-0.4, -0.2) is 44.6 Å². The van der Waals surface area contributed by atoms with Crippen LogP contribution in [0.1, 0.15) is 11.8 Å². The molecule has 0 amide bonds. The third kappa shape index (κ3) is 1.99. The SMILES string of the molecule is Cc1cn([C@@H]2O[C@H](CO)[C@@H](O)C2N)c(=O)nc1N. The second kappa shape index (κ2) is 4.65. The molecule has 1 aromatic rings. The summed E-state index contributed by atoms with van der Waals surface area (Å²) in [5.41, 5.74) is 11.3. The third-order valence-electron chi connectivity index (χ3n) is 3.05. The van der Waals surface area contributed by atoms with Gasteiger partial charge in [-0.15, -0.1) is 0 Å². The monoisotopic (exact) mass is 256 g/mol. The number of rotatable bonds is 2. The number of nitrogens with zero attached hydrogens (tertiary/aromatic N) is 2. The molecular formula is C10H16N4O4. The molecule has 0 spiro atoms. The highest BCUT2D eigenvalue weighted by molar-refractivity contribution is 5.35. The number of nitrogens with two attached hydrogens (primary N) is 2. The number of aliphatic hydroxyl groups excluding tert-OH is 2. The number of anilines is 1. The minimum atomic E-state index is -1.04. The first kappa shape index (κ1) is 13.0. The molecule has 1 aromatic heterocycles. The van der Waals surface area contributed by atoms with Gasteiger partial charge in [0.05, 0.1) is 12.6 Å². The molecule has 6 N–H and O–H groups in total. The Balaban J connectivity index is 2.39. The molecule has 4 atom stereocenters. The molecule has 1 aliphatic heterocycles. The molecule has 0 radical (unpaired) electrons. The standard InChI is InChI=1S/C10H16N4O4/c1-4-2-14(10(17)13-8(4)12)9-6(11)7(16)5(3-15)18-9/h2,5-7,9,15-16H,3,11H2,1H3,(H2,12,13,17)/t5-,6?,7-,9-/m1/s1. The number of aliphatic hydroxyl groups is 2. The predicted molar refractivity (Wildman–Crippen MR) is 62.6 cm³/mol. The van der Waals surface area contributed by atoms with E-state index in [2.05, 4.69) is 4.98 Å². The second-order valence-corrected chi connectivity index (χ2v) is 4.31. The van der Waals surface area contributed by atoms with E-state index in [0.717, 1.165) is 0 Å². The van der Waals surface area contributed by atoms with Gasteiger partial charge in [0.25, 0.3) is 0 Å². The van der Waals surface area contributed by atoms with E-state index in [-0.39, 0.29) is 12.4 Å². The number of aryl methyl sites for hydroxylation is 1. The van der Waals surface area contributed by atoms with E-state index in [4.69, 9.17) is 21.3 Å². The van der Waals surface area contributed by atoms with Crippen LogP contribution in [0.5, 0.6) is 0 Å². The van der Waals surface area contributed by atoms with Crippen LogP contribution < -0.4 is 17.2 Å². The minimum absolute atomic E-state index is 0.141. The van der Waals surface area contributed by atoms with Crippen LogP contribution in [0.2, 0.25) is 0 Å². The Morgan fingerprint density at radius 1 is 1.61 bits per heavy atom. The predicted octanol–water partition coefficient (Wildman–Crippen LogP) is -2.29. The van der Waals surface area contributed by atoms with Gasteiger partial charge in [-0.05, 0) is 6.92 Å². The van der Waals surface area contributed by atoms with Crippen molar-refractivity contribution in [2.45, 2.75) is 31.4 Å². The molecule has 0 bridgehead atoms. The zero-order valence-electron chi connectivity index (χ0n) is 9.85. The maximum Gasteiger partial charge on any atom is 0.351 e. The Labute approximate surface area is 103 Å². The normalized spacial score (nSPS) is 31.8. The largest absolute Gasteiger partial charge is 0.394 e. The van der Waals surface area contributed by atoms with Crippen molar-refractivity contribution in [2.24, 2.45) is 5.73 Å². The van der Waals surface area contributed by atoms with E-state index in [0.29, 0.717) is 5.56 Å². The van der Waals surface area contributed by atoms with Crippen molar-refractivity contribution >= 4 is 5.82 Å². The van der Waals surface area contributed by atoms with Crippen molar-refractivity contribution in [1.82, 2.24) is 9.55 Å². The summed E-state index contributed by atoms with van der Waals surface area (Å²) in [6, 6.07) is -0.815. The van der Waals surface area contributed by atoms with Crippen LogP contribution in [0.25, 0.3) is 0 Å². The zero-order chi connectivity index (χ0) is 13.4. The summed E-state index contributed by atoms with van der Waals surface area (Å²) < 4.78 is 6.53. The van der Waals surface area contributed by atoms with Gasteiger partial charge >= 0.3 is 5.69 Å². The molecule has 0 aliphatic carbocycles. The number of nitrogen functional groups attached to an aromatic ring is 1. The lowest BCUT2D eigenvalue weighted by atomic mass is 10.1. The molecule has 100 valence electrons. The summed E-state index contributed by atoms with van der Waals surface area (Å²) in [6.45, 7) is 1.32. The van der Waals surface area contributed by atoms with Gasteiger partial charge in [0.2, 0.25) is 0 Å². The Bertz CT molecular complexity index is 503. The second-order valence-electron chi connectivity index (χ2n) is 4.31. The highest BCUT2D eigenvalue weighted by atomic mass is 16.5. The van der Waals surface area contributed by atoms with Crippen molar-refractivity contribution in [3.05, 3.63) is 22.2 Å². The molecule has 0 saturated carbocycles. The van der Waals surface area contributed by atoms with Crippen molar-refractivity contribution < 1.29 is 14.9 Å². The van der Waals surface area contributed by atoms with E-state index in [1.54, 1.807) is 6.92 Å². The summed E-state index contributed by atoms with van der Waals surface area (Å²) >= 11 is 0. The first-order valence-corrected chi connectivity index (χ1v) is 5.51. The summed E-state index contributed by atoms with van der Waals surface area (Å²) in [6.07, 6.45) is -1.24. The fourth-order valence-corrected chi connectivity index (χ4v) is 1.93. The molecule has 1 unspecified atom stereocenters. The quantitative estimate of drug-likeness (QED) is 0.467. The highest BCUT2D eigenvalue weighted by Gasteiger charge is 2.42. The lowest BCUT2D eigenvalue weighted by Gasteiger charge is -2.18. The van der Waals surface area contributed by atoms with Gasteiger partial charge in [-0.3, -0.25) is 4.57 Å². The fourth-order valence-electron chi connectivity index (χ4n) is 1.93. The number of hydrogen-bond acceptors (Lipinski definition) is 7. The van der Waals surface area contributed by atoms with E-state index in [1.165, 1.54) is 10.8 Å². The van der Waals surface area contributed by atoms with E-state index in [9.17, 15) is 9.90 Å². The third-order valence-corrected chi connectivity index (χ3v) is 3.05. The molecule has 2 heterocycles.